The third kappa shape index (κ3) is 4.58. The quantitative estimate of drug-likeness (QED) is 0.851. The lowest BCUT2D eigenvalue weighted by Gasteiger charge is -2.41. The highest BCUT2D eigenvalue weighted by molar-refractivity contribution is 5.80. The van der Waals surface area contributed by atoms with Gasteiger partial charge in [-0.2, -0.15) is 0 Å². The molecular weight excluding hydrogens is 364 g/mol. The highest BCUT2D eigenvalue weighted by atomic mass is 16.2. The molecule has 6 heteroatoms. The van der Waals surface area contributed by atoms with Crippen LogP contribution in [-0.2, 0) is 11.3 Å². The van der Waals surface area contributed by atoms with Crippen LogP contribution in [0.2, 0.25) is 0 Å². The molecule has 0 saturated carbocycles. The highest BCUT2D eigenvalue weighted by Gasteiger charge is 2.39. The van der Waals surface area contributed by atoms with E-state index in [1.165, 1.54) is 6.42 Å². The summed E-state index contributed by atoms with van der Waals surface area (Å²) >= 11 is 0. The Morgan fingerprint density at radius 1 is 1.03 bits per heavy atom. The SMILES string of the molecule is CN(Cc1ccccc1)C(=O)N1CCC(C(=O)N2CCC3(CCNC3)CC2)CC1. The van der Waals surface area contributed by atoms with E-state index in [0.29, 0.717) is 31.0 Å². The van der Waals surface area contributed by atoms with Gasteiger partial charge in [0.1, 0.15) is 0 Å². The first-order chi connectivity index (χ1) is 14.1. The van der Waals surface area contributed by atoms with Crippen LogP contribution in [0.1, 0.15) is 37.7 Å². The van der Waals surface area contributed by atoms with E-state index in [1.807, 2.05) is 42.3 Å². The number of likely N-dealkylation sites (tertiary alicyclic amines) is 2. The van der Waals surface area contributed by atoms with Crippen molar-refractivity contribution in [3.63, 3.8) is 0 Å². The second-order valence-electron chi connectivity index (χ2n) is 9.14. The smallest absolute Gasteiger partial charge is 0.320 e. The first-order valence-electron chi connectivity index (χ1n) is 11.1. The Morgan fingerprint density at radius 2 is 1.72 bits per heavy atom. The van der Waals surface area contributed by atoms with Gasteiger partial charge in [-0.3, -0.25) is 4.79 Å². The predicted octanol–water partition coefficient (Wildman–Crippen LogP) is 2.55. The lowest BCUT2D eigenvalue weighted by molar-refractivity contribution is -0.139. The minimum absolute atomic E-state index is 0.0633. The second-order valence-corrected chi connectivity index (χ2v) is 9.14. The summed E-state index contributed by atoms with van der Waals surface area (Å²) in [6.07, 6.45) is 5.09. The van der Waals surface area contributed by atoms with E-state index < -0.39 is 0 Å². The fourth-order valence-corrected chi connectivity index (χ4v) is 5.17. The second kappa shape index (κ2) is 8.74. The molecule has 3 fully saturated rings. The van der Waals surface area contributed by atoms with Crippen molar-refractivity contribution in [2.75, 3.05) is 46.3 Å². The Kier molecular flexibility index (Phi) is 6.09. The Bertz CT molecular complexity index is 699. The van der Waals surface area contributed by atoms with Gasteiger partial charge in [0.25, 0.3) is 0 Å². The van der Waals surface area contributed by atoms with Crippen LogP contribution in [0.4, 0.5) is 4.79 Å². The van der Waals surface area contributed by atoms with Gasteiger partial charge in [0.05, 0.1) is 0 Å². The average molecular weight is 399 g/mol. The highest BCUT2D eigenvalue weighted by Crippen LogP contribution is 2.37. The Labute approximate surface area is 174 Å². The number of hydrogen-bond donors (Lipinski definition) is 1. The topological polar surface area (TPSA) is 55.9 Å². The molecule has 0 aliphatic carbocycles. The zero-order valence-corrected chi connectivity index (χ0v) is 17.6. The molecule has 0 atom stereocenters. The number of urea groups is 1. The van der Waals surface area contributed by atoms with Crippen LogP contribution in [0.5, 0.6) is 0 Å². The summed E-state index contributed by atoms with van der Waals surface area (Å²) in [6, 6.07) is 10.1. The van der Waals surface area contributed by atoms with Crippen LogP contribution in [0, 0.1) is 11.3 Å². The first-order valence-corrected chi connectivity index (χ1v) is 11.1. The van der Waals surface area contributed by atoms with E-state index in [0.717, 1.165) is 57.4 Å². The van der Waals surface area contributed by atoms with E-state index in [-0.39, 0.29) is 11.9 Å². The fraction of sp³-hybridized carbons (Fsp3) is 0.652. The van der Waals surface area contributed by atoms with Crippen molar-refractivity contribution in [1.82, 2.24) is 20.0 Å². The molecule has 3 aliphatic rings. The Morgan fingerprint density at radius 3 is 2.34 bits per heavy atom. The van der Waals surface area contributed by atoms with Crippen LogP contribution in [-0.4, -0.2) is 73.0 Å². The van der Waals surface area contributed by atoms with Crippen molar-refractivity contribution in [1.29, 1.82) is 0 Å². The molecule has 3 aliphatic heterocycles. The number of carbonyl (C=O) groups is 2. The van der Waals surface area contributed by atoms with Gasteiger partial charge < -0.3 is 20.0 Å². The van der Waals surface area contributed by atoms with Crippen molar-refractivity contribution >= 4 is 11.9 Å². The molecule has 3 amide bonds. The summed E-state index contributed by atoms with van der Waals surface area (Å²) in [5.41, 5.74) is 1.57. The van der Waals surface area contributed by atoms with E-state index >= 15 is 0 Å². The third-order valence-electron chi connectivity index (χ3n) is 7.17. The summed E-state index contributed by atoms with van der Waals surface area (Å²) < 4.78 is 0. The number of nitrogens with one attached hydrogen (secondary N) is 1. The van der Waals surface area contributed by atoms with Crippen LogP contribution in [0.25, 0.3) is 0 Å². The number of hydrogen-bond acceptors (Lipinski definition) is 3. The molecule has 6 nitrogen and oxygen atoms in total. The van der Waals surface area contributed by atoms with Gasteiger partial charge in [-0.25, -0.2) is 4.79 Å². The van der Waals surface area contributed by atoms with E-state index in [9.17, 15) is 9.59 Å². The zero-order valence-electron chi connectivity index (χ0n) is 17.6. The number of carbonyl (C=O) groups excluding carboxylic acids is 2. The van der Waals surface area contributed by atoms with Crippen molar-refractivity contribution < 1.29 is 9.59 Å². The maximum atomic E-state index is 13.0. The molecule has 3 heterocycles. The molecule has 3 saturated heterocycles. The Balaban J connectivity index is 1.23. The largest absolute Gasteiger partial charge is 0.342 e. The third-order valence-corrected chi connectivity index (χ3v) is 7.17. The summed E-state index contributed by atoms with van der Waals surface area (Å²) in [5.74, 6) is 0.393. The van der Waals surface area contributed by atoms with Crippen LogP contribution in [0.3, 0.4) is 0 Å². The molecule has 1 aromatic rings. The zero-order chi connectivity index (χ0) is 20.3. The van der Waals surface area contributed by atoms with E-state index in [4.69, 9.17) is 0 Å². The number of amides is 3. The molecule has 1 aromatic carbocycles. The maximum Gasteiger partial charge on any atom is 0.320 e. The summed E-state index contributed by atoms with van der Waals surface area (Å²) in [7, 11) is 1.86. The fourth-order valence-electron chi connectivity index (χ4n) is 5.17. The minimum atomic E-state index is 0.0633. The van der Waals surface area contributed by atoms with Crippen LogP contribution < -0.4 is 5.32 Å². The van der Waals surface area contributed by atoms with Crippen LogP contribution >= 0.6 is 0 Å². The summed E-state index contributed by atoms with van der Waals surface area (Å²) in [6.45, 7) is 6.01. The molecule has 0 bridgehead atoms. The summed E-state index contributed by atoms with van der Waals surface area (Å²) in [4.78, 5) is 31.5. The molecule has 4 rings (SSSR count). The normalized spacial score (nSPS) is 22.1. The van der Waals surface area contributed by atoms with Crippen molar-refractivity contribution in [3.05, 3.63) is 35.9 Å². The maximum absolute atomic E-state index is 13.0. The first kappa shape index (κ1) is 20.2. The lowest BCUT2D eigenvalue weighted by atomic mass is 9.77. The van der Waals surface area contributed by atoms with E-state index in [2.05, 4.69) is 10.2 Å². The molecule has 1 spiro atoms. The van der Waals surface area contributed by atoms with Crippen molar-refractivity contribution in [3.8, 4) is 0 Å². The van der Waals surface area contributed by atoms with Gasteiger partial charge in [-0.1, -0.05) is 30.3 Å². The van der Waals surface area contributed by atoms with Gasteiger partial charge in [-0.15, -0.1) is 0 Å². The molecule has 0 radical (unpaired) electrons. The molecule has 0 aromatic heterocycles. The standard InChI is InChI=1S/C23H34N4O2/c1-25(17-19-5-3-2-4-6-19)22(29)27-13-7-20(8-14-27)21(28)26-15-10-23(11-16-26)9-12-24-18-23/h2-6,20,24H,7-18H2,1H3. The van der Waals surface area contributed by atoms with Gasteiger partial charge in [0, 0.05) is 52.2 Å². The van der Waals surface area contributed by atoms with E-state index in [1.54, 1.807) is 4.90 Å². The molecular formula is C23H34N4O2. The monoisotopic (exact) mass is 398 g/mol. The van der Waals surface area contributed by atoms with Gasteiger partial charge in [0.15, 0.2) is 0 Å². The predicted molar refractivity (Wildman–Crippen MR) is 113 cm³/mol. The molecule has 29 heavy (non-hydrogen) atoms. The van der Waals surface area contributed by atoms with Crippen LogP contribution in [0.15, 0.2) is 30.3 Å². The number of benzene rings is 1. The van der Waals surface area contributed by atoms with Gasteiger partial charge in [0.2, 0.25) is 5.91 Å². The molecule has 0 unspecified atom stereocenters. The lowest BCUT2D eigenvalue weighted by Crippen LogP contribution is -2.50. The number of piperidine rings is 2. The van der Waals surface area contributed by atoms with Gasteiger partial charge >= 0.3 is 6.03 Å². The molecule has 1 N–H and O–H groups in total. The average Bonchev–Trinajstić information content (AvgIpc) is 3.22. The van der Waals surface area contributed by atoms with Gasteiger partial charge in [-0.05, 0) is 49.6 Å². The minimum Gasteiger partial charge on any atom is -0.342 e. The Hall–Kier alpha value is -2.08. The number of rotatable bonds is 3. The van der Waals surface area contributed by atoms with Crippen molar-refractivity contribution in [2.45, 2.75) is 38.6 Å². The van der Waals surface area contributed by atoms with Crippen molar-refractivity contribution in [2.24, 2.45) is 11.3 Å². The summed E-state index contributed by atoms with van der Waals surface area (Å²) in [5, 5.41) is 3.49. The number of nitrogens with zero attached hydrogens (tertiary/aromatic N) is 3. The molecule has 158 valence electrons.